The SMILES string of the molecule is O=C(CCN1CCCCC1)COC(=O)CCC(=O)OCC(=O)CCN1CCCCC1. The molecule has 0 aliphatic carbocycles. The Kier molecular flexibility index (Phi) is 11.6. The summed E-state index contributed by atoms with van der Waals surface area (Å²) in [6, 6.07) is 0. The Labute approximate surface area is 179 Å². The van der Waals surface area contributed by atoms with E-state index >= 15 is 0 Å². The molecule has 2 heterocycles. The summed E-state index contributed by atoms with van der Waals surface area (Å²) in [4.78, 5) is 51.6. The molecule has 170 valence electrons. The number of ether oxygens (including phenoxy) is 2. The summed E-state index contributed by atoms with van der Waals surface area (Å²) >= 11 is 0. The zero-order valence-electron chi connectivity index (χ0n) is 18.1. The van der Waals surface area contributed by atoms with E-state index in [1.165, 1.54) is 38.5 Å². The number of ketones is 2. The first kappa shape index (κ1) is 24.5. The molecule has 0 N–H and O–H groups in total. The highest BCUT2D eigenvalue weighted by Gasteiger charge is 2.16. The molecule has 8 heteroatoms. The zero-order valence-corrected chi connectivity index (χ0v) is 18.1. The van der Waals surface area contributed by atoms with Gasteiger partial charge in [0.2, 0.25) is 0 Å². The van der Waals surface area contributed by atoms with E-state index in [-0.39, 0.29) is 37.6 Å². The van der Waals surface area contributed by atoms with E-state index in [0.29, 0.717) is 25.9 Å². The fourth-order valence-electron chi connectivity index (χ4n) is 3.75. The van der Waals surface area contributed by atoms with Crippen LogP contribution in [0.15, 0.2) is 0 Å². The lowest BCUT2D eigenvalue weighted by Gasteiger charge is -2.25. The van der Waals surface area contributed by atoms with Gasteiger partial charge in [0.1, 0.15) is 13.2 Å². The molecule has 0 amide bonds. The quantitative estimate of drug-likeness (QED) is 0.413. The molecule has 0 saturated carbocycles. The Morgan fingerprint density at radius 3 is 1.27 bits per heavy atom. The van der Waals surface area contributed by atoms with Crippen LogP contribution in [0.2, 0.25) is 0 Å². The van der Waals surface area contributed by atoms with Crippen molar-refractivity contribution >= 4 is 23.5 Å². The molecule has 2 fully saturated rings. The van der Waals surface area contributed by atoms with Gasteiger partial charge in [0.15, 0.2) is 11.6 Å². The fraction of sp³-hybridized carbons (Fsp3) is 0.818. The smallest absolute Gasteiger partial charge is 0.306 e. The van der Waals surface area contributed by atoms with E-state index in [9.17, 15) is 19.2 Å². The van der Waals surface area contributed by atoms with Gasteiger partial charge in [-0.25, -0.2) is 0 Å². The van der Waals surface area contributed by atoms with Gasteiger partial charge in [-0.2, -0.15) is 0 Å². The summed E-state index contributed by atoms with van der Waals surface area (Å²) in [5.74, 6) is -1.43. The number of rotatable bonds is 13. The van der Waals surface area contributed by atoms with Crippen LogP contribution in [0.4, 0.5) is 0 Å². The molecular formula is C22H36N2O6. The second-order valence-electron chi connectivity index (χ2n) is 8.20. The molecule has 8 nitrogen and oxygen atoms in total. The summed E-state index contributed by atoms with van der Waals surface area (Å²) in [5, 5.41) is 0. The summed E-state index contributed by atoms with van der Waals surface area (Å²) < 4.78 is 9.88. The van der Waals surface area contributed by atoms with Crippen LogP contribution >= 0.6 is 0 Å². The van der Waals surface area contributed by atoms with E-state index in [1.54, 1.807) is 0 Å². The number of Topliss-reactive ketones (excluding diaryl/α,β-unsaturated/α-hetero) is 2. The highest BCUT2D eigenvalue weighted by molar-refractivity contribution is 5.85. The number of carbonyl (C=O) groups is 4. The van der Waals surface area contributed by atoms with Gasteiger partial charge in [-0.3, -0.25) is 19.2 Å². The van der Waals surface area contributed by atoms with Gasteiger partial charge in [0, 0.05) is 25.9 Å². The molecule has 0 aromatic rings. The average molecular weight is 425 g/mol. The van der Waals surface area contributed by atoms with Crippen LogP contribution in [0, 0.1) is 0 Å². The van der Waals surface area contributed by atoms with Crippen LogP contribution in [-0.4, -0.2) is 85.8 Å². The van der Waals surface area contributed by atoms with E-state index in [4.69, 9.17) is 9.47 Å². The van der Waals surface area contributed by atoms with Crippen LogP contribution in [0.25, 0.3) is 0 Å². The van der Waals surface area contributed by atoms with Gasteiger partial charge in [0.05, 0.1) is 12.8 Å². The minimum absolute atomic E-state index is 0.115. The third kappa shape index (κ3) is 10.8. The lowest BCUT2D eigenvalue weighted by molar-refractivity contribution is -0.153. The summed E-state index contributed by atoms with van der Waals surface area (Å²) in [6.07, 6.45) is 7.61. The first-order valence-electron chi connectivity index (χ1n) is 11.3. The molecule has 2 saturated heterocycles. The third-order valence-corrected chi connectivity index (χ3v) is 5.63. The number of hydrogen-bond donors (Lipinski definition) is 0. The molecule has 0 aromatic heterocycles. The predicted octanol–water partition coefficient (Wildman–Crippen LogP) is 1.74. The summed E-state index contributed by atoms with van der Waals surface area (Å²) in [6.45, 7) is 4.99. The van der Waals surface area contributed by atoms with Gasteiger partial charge >= 0.3 is 11.9 Å². The van der Waals surface area contributed by atoms with E-state index in [2.05, 4.69) is 9.80 Å². The molecule has 0 bridgehead atoms. The van der Waals surface area contributed by atoms with E-state index in [0.717, 1.165) is 26.2 Å². The Bertz CT molecular complexity index is 518. The van der Waals surface area contributed by atoms with Crippen LogP contribution in [0.3, 0.4) is 0 Å². The van der Waals surface area contributed by atoms with Crippen LogP contribution in [0.1, 0.15) is 64.2 Å². The fourth-order valence-corrected chi connectivity index (χ4v) is 3.75. The Morgan fingerprint density at radius 1 is 0.533 bits per heavy atom. The number of hydrogen-bond acceptors (Lipinski definition) is 8. The normalized spacial score (nSPS) is 18.0. The maximum absolute atomic E-state index is 11.8. The maximum Gasteiger partial charge on any atom is 0.306 e. The van der Waals surface area contributed by atoms with Crippen molar-refractivity contribution in [1.82, 2.24) is 9.80 Å². The minimum atomic E-state index is -0.602. The Balaban J connectivity index is 1.46. The number of piperidine rings is 2. The Hall–Kier alpha value is -1.80. The van der Waals surface area contributed by atoms with E-state index < -0.39 is 11.9 Å². The molecule has 0 radical (unpaired) electrons. The van der Waals surface area contributed by atoms with Gasteiger partial charge in [0.25, 0.3) is 0 Å². The monoisotopic (exact) mass is 424 g/mol. The van der Waals surface area contributed by atoms with Crippen LogP contribution in [0.5, 0.6) is 0 Å². The molecule has 2 rings (SSSR count). The van der Waals surface area contributed by atoms with Crippen molar-refractivity contribution in [2.24, 2.45) is 0 Å². The number of esters is 2. The van der Waals surface area contributed by atoms with Crippen LogP contribution < -0.4 is 0 Å². The van der Waals surface area contributed by atoms with Crippen molar-refractivity contribution in [3.8, 4) is 0 Å². The van der Waals surface area contributed by atoms with Crippen molar-refractivity contribution < 1.29 is 28.7 Å². The molecule has 2 aliphatic rings. The second kappa shape index (κ2) is 14.2. The molecule has 0 atom stereocenters. The minimum Gasteiger partial charge on any atom is -0.458 e. The van der Waals surface area contributed by atoms with Crippen molar-refractivity contribution in [2.75, 3.05) is 52.5 Å². The molecule has 2 aliphatic heterocycles. The van der Waals surface area contributed by atoms with Crippen LogP contribution in [-0.2, 0) is 28.7 Å². The maximum atomic E-state index is 11.8. The third-order valence-electron chi connectivity index (χ3n) is 5.63. The molecule has 0 aromatic carbocycles. The first-order chi connectivity index (χ1) is 14.5. The zero-order chi connectivity index (χ0) is 21.6. The molecule has 30 heavy (non-hydrogen) atoms. The second-order valence-corrected chi connectivity index (χ2v) is 8.20. The molecule has 0 unspecified atom stereocenters. The number of nitrogens with zero attached hydrogens (tertiary/aromatic N) is 2. The lowest BCUT2D eigenvalue weighted by atomic mass is 10.1. The predicted molar refractivity (Wildman–Crippen MR) is 111 cm³/mol. The van der Waals surface area contributed by atoms with Crippen molar-refractivity contribution in [1.29, 1.82) is 0 Å². The Morgan fingerprint density at radius 2 is 0.900 bits per heavy atom. The standard InChI is InChI=1S/C22H36N2O6/c25-19(9-15-23-11-3-1-4-12-23)17-29-21(27)7-8-22(28)30-18-20(26)10-16-24-13-5-2-6-14-24/h1-18H2. The largest absolute Gasteiger partial charge is 0.458 e. The summed E-state index contributed by atoms with van der Waals surface area (Å²) in [7, 11) is 0. The van der Waals surface area contributed by atoms with Gasteiger partial charge in [-0.1, -0.05) is 12.8 Å². The highest BCUT2D eigenvalue weighted by Crippen LogP contribution is 2.10. The van der Waals surface area contributed by atoms with E-state index in [1.807, 2.05) is 0 Å². The van der Waals surface area contributed by atoms with Crippen molar-refractivity contribution in [3.63, 3.8) is 0 Å². The van der Waals surface area contributed by atoms with Gasteiger partial charge in [-0.15, -0.1) is 0 Å². The summed E-state index contributed by atoms with van der Waals surface area (Å²) in [5.41, 5.74) is 0. The van der Waals surface area contributed by atoms with Gasteiger partial charge < -0.3 is 19.3 Å². The molecule has 0 spiro atoms. The number of likely N-dealkylation sites (tertiary alicyclic amines) is 2. The lowest BCUT2D eigenvalue weighted by Crippen LogP contribution is -2.32. The highest BCUT2D eigenvalue weighted by atomic mass is 16.5. The average Bonchev–Trinajstić information content (AvgIpc) is 2.78. The topological polar surface area (TPSA) is 93.2 Å². The first-order valence-corrected chi connectivity index (χ1v) is 11.3. The van der Waals surface area contributed by atoms with Crippen molar-refractivity contribution in [3.05, 3.63) is 0 Å². The van der Waals surface area contributed by atoms with Crippen molar-refractivity contribution in [2.45, 2.75) is 64.2 Å². The molecular weight excluding hydrogens is 388 g/mol. The number of carbonyl (C=O) groups excluding carboxylic acids is 4. The van der Waals surface area contributed by atoms with Gasteiger partial charge in [-0.05, 0) is 51.9 Å².